The molecule has 1 N–H and O–H groups in total. The summed E-state index contributed by atoms with van der Waals surface area (Å²) in [5, 5.41) is 2.61. The van der Waals surface area contributed by atoms with Gasteiger partial charge in [0.05, 0.1) is 0 Å². The molecule has 2 amide bonds. The van der Waals surface area contributed by atoms with Crippen molar-refractivity contribution in [1.82, 2.24) is 4.90 Å². The molecule has 5 nitrogen and oxygen atoms in total. The summed E-state index contributed by atoms with van der Waals surface area (Å²) in [6.45, 7) is 5.25. The van der Waals surface area contributed by atoms with E-state index in [9.17, 15) is 18.4 Å². The molecule has 0 unspecified atom stereocenters. The Morgan fingerprint density at radius 1 is 0.929 bits per heavy atom. The van der Waals surface area contributed by atoms with Gasteiger partial charge in [-0.1, -0.05) is 6.07 Å². The molecule has 0 bridgehead atoms. The van der Waals surface area contributed by atoms with Crippen LogP contribution in [-0.2, 0) is 9.59 Å². The molecule has 0 aliphatic carbocycles. The maximum absolute atomic E-state index is 13.3. The van der Waals surface area contributed by atoms with Crippen molar-refractivity contribution in [3.63, 3.8) is 0 Å². The van der Waals surface area contributed by atoms with E-state index in [2.05, 4.69) is 10.2 Å². The molecule has 148 valence electrons. The fraction of sp³-hybridized carbons (Fsp3) is 0.333. The second kappa shape index (κ2) is 7.96. The number of nitrogens with one attached hydrogen (secondary N) is 1. The topological polar surface area (TPSA) is 52.7 Å². The Morgan fingerprint density at radius 3 is 2.18 bits per heavy atom. The molecular weight excluding hydrogens is 364 g/mol. The van der Waals surface area contributed by atoms with Gasteiger partial charge in [-0.15, -0.1) is 0 Å². The monoisotopic (exact) mass is 387 g/mol. The smallest absolute Gasteiger partial charge is 0.239 e. The SMILES string of the molecule is CC(C)(C(=O)Nc1cccc(F)c1)C(=O)N1CCN(c2ccc(F)cc2)CC1. The lowest BCUT2D eigenvalue weighted by Crippen LogP contribution is -2.54. The van der Waals surface area contributed by atoms with Crippen LogP contribution in [-0.4, -0.2) is 42.9 Å². The van der Waals surface area contributed by atoms with Crippen LogP contribution in [0.5, 0.6) is 0 Å². The number of amides is 2. The van der Waals surface area contributed by atoms with Crippen LogP contribution in [0, 0.1) is 17.0 Å². The lowest BCUT2D eigenvalue weighted by molar-refractivity contribution is -0.146. The maximum atomic E-state index is 13.3. The third-order valence-electron chi connectivity index (χ3n) is 4.94. The molecule has 0 spiro atoms. The van der Waals surface area contributed by atoms with Crippen LogP contribution in [0.4, 0.5) is 20.2 Å². The molecule has 1 heterocycles. The zero-order chi connectivity index (χ0) is 20.3. The predicted molar refractivity (Wildman–Crippen MR) is 104 cm³/mol. The quantitative estimate of drug-likeness (QED) is 0.820. The minimum atomic E-state index is -1.29. The number of rotatable bonds is 4. The van der Waals surface area contributed by atoms with E-state index in [0.717, 1.165) is 5.69 Å². The molecule has 1 aliphatic heterocycles. The normalized spacial score (nSPS) is 14.7. The molecule has 1 aliphatic rings. The number of hydrogen-bond acceptors (Lipinski definition) is 3. The Bertz CT molecular complexity index is 860. The lowest BCUT2D eigenvalue weighted by Gasteiger charge is -2.39. The number of anilines is 2. The van der Waals surface area contributed by atoms with Gasteiger partial charge in [-0.2, -0.15) is 0 Å². The number of piperazine rings is 1. The van der Waals surface area contributed by atoms with E-state index in [4.69, 9.17) is 0 Å². The fourth-order valence-corrected chi connectivity index (χ4v) is 3.17. The number of nitrogens with zero attached hydrogens (tertiary/aromatic N) is 2. The van der Waals surface area contributed by atoms with Gasteiger partial charge >= 0.3 is 0 Å². The molecule has 28 heavy (non-hydrogen) atoms. The van der Waals surface area contributed by atoms with Crippen molar-refractivity contribution in [3.05, 3.63) is 60.2 Å². The Labute approximate surface area is 162 Å². The lowest BCUT2D eigenvalue weighted by atomic mass is 9.89. The van der Waals surface area contributed by atoms with Crippen molar-refractivity contribution >= 4 is 23.2 Å². The Morgan fingerprint density at radius 2 is 1.57 bits per heavy atom. The first kappa shape index (κ1) is 19.8. The van der Waals surface area contributed by atoms with E-state index >= 15 is 0 Å². The van der Waals surface area contributed by atoms with Crippen LogP contribution in [0.15, 0.2) is 48.5 Å². The van der Waals surface area contributed by atoms with Crippen LogP contribution < -0.4 is 10.2 Å². The molecule has 1 fully saturated rings. The number of benzene rings is 2. The number of carbonyl (C=O) groups excluding carboxylic acids is 2. The average molecular weight is 387 g/mol. The molecule has 7 heteroatoms. The van der Waals surface area contributed by atoms with Gasteiger partial charge in [0.2, 0.25) is 11.8 Å². The van der Waals surface area contributed by atoms with Crippen LogP contribution in [0.3, 0.4) is 0 Å². The van der Waals surface area contributed by atoms with E-state index < -0.39 is 17.1 Å². The van der Waals surface area contributed by atoms with Crippen LogP contribution >= 0.6 is 0 Å². The molecule has 0 saturated carbocycles. The first-order valence-electron chi connectivity index (χ1n) is 9.14. The van der Waals surface area contributed by atoms with E-state index in [1.165, 1.54) is 30.3 Å². The number of hydrogen-bond donors (Lipinski definition) is 1. The van der Waals surface area contributed by atoms with Crippen molar-refractivity contribution in [1.29, 1.82) is 0 Å². The first-order valence-corrected chi connectivity index (χ1v) is 9.14. The van der Waals surface area contributed by atoms with Crippen molar-refractivity contribution in [3.8, 4) is 0 Å². The fourth-order valence-electron chi connectivity index (χ4n) is 3.17. The van der Waals surface area contributed by atoms with Crippen molar-refractivity contribution in [2.45, 2.75) is 13.8 Å². The molecule has 0 atom stereocenters. The van der Waals surface area contributed by atoms with Crippen molar-refractivity contribution < 1.29 is 18.4 Å². The van der Waals surface area contributed by atoms with E-state index in [1.54, 1.807) is 36.9 Å². The molecule has 2 aromatic carbocycles. The molecule has 2 aromatic rings. The van der Waals surface area contributed by atoms with Gasteiger partial charge in [0.1, 0.15) is 17.0 Å². The van der Waals surface area contributed by atoms with Gasteiger partial charge in [0, 0.05) is 37.6 Å². The Kier molecular flexibility index (Phi) is 5.63. The second-order valence-corrected chi connectivity index (χ2v) is 7.35. The summed E-state index contributed by atoms with van der Waals surface area (Å²) in [6, 6.07) is 11.8. The summed E-state index contributed by atoms with van der Waals surface area (Å²) in [7, 11) is 0. The summed E-state index contributed by atoms with van der Waals surface area (Å²) < 4.78 is 26.4. The molecular formula is C21H23F2N3O2. The largest absolute Gasteiger partial charge is 0.368 e. The van der Waals surface area contributed by atoms with Crippen LogP contribution in [0.1, 0.15) is 13.8 Å². The van der Waals surface area contributed by atoms with Gasteiger partial charge in [0.25, 0.3) is 0 Å². The zero-order valence-corrected chi connectivity index (χ0v) is 15.9. The summed E-state index contributed by atoms with van der Waals surface area (Å²) in [5.41, 5.74) is -0.0757. The minimum absolute atomic E-state index is 0.278. The van der Waals surface area contributed by atoms with Gasteiger partial charge < -0.3 is 15.1 Å². The standard InChI is InChI=1S/C21H23F2N3O2/c1-21(2,19(27)24-17-5-3-4-16(23)14-17)20(28)26-12-10-25(11-13-26)18-8-6-15(22)7-9-18/h3-9,14H,10-13H2,1-2H3,(H,24,27). The number of carbonyl (C=O) groups is 2. The Balaban J connectivity index is 1.61. The average Bonchev–Trinajstić information content (AvgIpc) is 2.68. The predicted octanol–water partition coefficient (Wildman–Crippen LogP) is 3.28. The van der Waals surface area contributed by atoms with E-state index in [0.29, 0.717) is 31.9 Å². The van der Waals surface area contributed by atoms with Gasteiger partial charge in [-0.05, 0) is 56.3 Å². The molecule has 0 aromatic heterocycles. The third-order valence-corrected chi connectivity index (χ3v) is 4.94. The third kappa shape index (κ3) is 4.30. The van der Waals surface area contributed by atoms with Gasteiger partial charge in [-0.3, -0.25) is 9.59 Å². The molecule has 1 saturated heterocycles. The summed E-state index contributed by atoms with van der Waals surface area (Å²) in [4.78, 5) is 29.3. The summed E-state index contributed by atoms with van der Waals surface area (Å²) >= 11 is 0. The highest BCUT2D eigenvalue weighted by atomic mass is 19.1. The van der Waals surface area contributed by atoms with E-state index in [-0.39, 0.29) is 11.7 Å². The maximum Gasteiger partial charge on any atom is 0.239 e. The Hall–Kier alpha value is -2.96. The minimum Gasteiger partial charge on any atom is -0.368 e. The van der Waals surface area contributed by atoms with Crippen LogP contribution in [0.25, 0.3) is 0 Å². The van der Waals surface area contributed by atoms with Crippen LogP contribution in [0.2, 0.25) is 0 Å². The van der Waals surface area contributed by atoms with Gasteiger partial charge in [-0.25, -0.2) is 8.78 Å². The highest BCUT2D eigenvalue weighted by Crippen LogP contribution is 2.24. The summed E-state index contributed by atoms with van der Waals surface area (Å²) in [5.74, 6) is -1.51. The van der Waals surface area contributed by atoms with E-state index in [1.807, 2.05) is 0 Å². The number of halogens is 2. The second-order valence-electron chi connectivity index (χ2n) is 7.35. The highest BCUT2D eigenvalue weighted by molar-refractivity contribution is 6.09. The molecule has 0 radical (unpaired) electrons. The highest BCUT2D eigenvalue weighted by Gasteiger charge is 2.40. The van der Waals surface area contributed by atoms with Crippen molar-refractivity contribution in [2.75, 3.05) is 36.4 Å². The molecule has 3 rings (SSSR count). The summed E-state index contributed by atoms with van der Waals surface area (Å²) in [6.07, 6.45) is 0. The zero-order valence-electron chi connectivity index (χ0n) is 15.9. The van der Waals surface area contributed by atoms with Gasteiger partial charge in [0.15, 0.2) is 0 Å². The van der Waals surface area contributed by atoms with Crippen molar-refractivity contribution in [2.24, 2.45) is 5.41 Å². The first-order chi connectivity index (χ1) is 13.3.